The molecule has 0 aromatic rings. The van der Waals surface area contributed by atoms with Crippen LogP contribution in [-0.4, -0.2) is 50.7 Å². The van der Waals surface area contributed by atoms with Gasteiger partial charge in [-0.05, 0) is 13.3 Å². The normalized spacial score (nSPS) is 14.2. The van der Waals surface area contributed by atoms with Gasteiger partial charge in [0, 0.05) is 5.57 Å². The van der Waals surface area contributed by atoms with Crippen molar-refractivity contribution in [2.45, 2.75) is 20.3 Å². The summed E-state index contributed by atoms with van der Waals surface area (Å²) < 4.78 is 5.86. The molecule has 0 bridgehead atoms. The number of primary amides is 1. The fraction of sp³-hybridized carbons (Fsp3) is 0.692. The number of carbonyl (C=O) groups is 2. The molecule has 104 valence electrons. The number of esters is 1. The van der Waals surface area contributed by atoms with Gasteiger partial charge in [0.05, 0.1) is 27.1 Å². The fourth-order valence-electron chi connectivity index (χ4n) is 1.30. The highest BCUT2D eigenvalue weighted by Gasteiger charge is 2.14. The summed E-state index contributed by atoms with van der Waals surface area (Å²) in [5, 5.41) is 0. The summed E-state index contributed by atoms with van der Waals surface area (Å²) in [6.07, 6.45) is 2.16. The molecular formula is C13H25N2O3+. The van der Waals surface area contributed by atoms with Gasteiger partial charge in [0.2, 0.25) is 5.91 Å². The minimum atomic E-state index is -0.420. The quantitative estimate of drug-likeness (QED) is 0.414. The van der Waals surface area contributed by atoms with Crippen molar-refractivity contribution >= 4 is 11.9 Å². The fourth-order valence-corrected chi connectivity index (χ4v) is 1.30. The summed E-state index contributed by atoms with van der Waals surface area (Å²) in [5.41, 5.74) is 5.65. The van der Waals surface area contributed by atoms with E-state index in [9.17, 15) is 9.59 Å². The molecule has 0 aliphatic rings. The Morgan fingerprint density at radius 2 is 1.89 bits per heavy atom. The van der Waals surface area contributed by atoms with Crippen LogP contribution in [0.15, 0.2) is 11.6 Å². The van der Waals surface area contributed by atoms with Gasteiger partial charge in [0.25, 0.3) is 0 Å². The molecule has 0 heterocycles. The molecule has 0 saturated carbocycles. The molecule has 2 N–H and O–H groups in total. The van der Waals surface area contributed by atoms with Gasteiger partial charge < -0.3 is 15.0 Å². The second-order valence-electron chi connectivity index (χ2n) is 5.42. The van der Waals surface area contributed by atoms with E-state index in [1.807, 2.05) is 28.1 Å². The van der Waals surface area contributed by atoms with Gasteiger partial charge in [-0.25, -0.2) is 4.79 Å². The molecule has 1 atom stereocenters. The smallest absolute Gasteiger partial charge is 0.333 e. The molecule has 5 heteroatoms. The molecule has 5 nitrogen and oxygen atoms in total. The molecule has 18 heavy (non-hydrogen) atoms. The summed E-state index contributed by atoms with van der Waals surface area (Å²) in [6, 6.07) is 0. The van der Waals surface area contributed by atoms with E-state index in [0.717, 1.165) is 11.0 Å². The highest BCUT2D eigenvalue weighted by molar-refractivity contribution is 5.89. The highest BCUT2D eigenvalue weighted by Crippen LogP contribution is 2.08. The van der Waals surface area contributed by atoms with Crippen LogP contribution in [0.4, 0.5) is 0 Å². The Labute approximate surface area is 109 Å². The number of nitrogens with zero attached hydrogens (tertiary/aromatic N) is 1. The van der Waals surface area contributed by atoms with E-state index in [-0.39, 0.29) is 5.97 Å². The lowest BCUT2D eigenvalue weighted by Crippen LogP contribution is -2.38. The molecule has 0 saturated heterocycles. The summed E-state index contributed by atoms with van der Waals surface area (Å²) in [6.45, 7) is 4.59. The second kappa shape index (κ2) is 7.16. The van der Waals surface area contributed by atoms with Crippen molar-refractivity contribution in [2.24, 2.45) is 11.7 Å². The lowest BCUT2D eigenvalue weighted by atomic mass is 10.0. The van der Waals surface area contributed by atoms with E-state index in [2.05, 4.69) is 0 Å². The van der Waals surface area contributed by atoms with Gasteiger partial charge in [0.15, 0.2) is 0 Å². The highest BCUT2D eigenvalue weighted by atomic mass is 16.5. The van der Waals surface area contributed by atoms with Crippen LogP contribution in [0.2, 0.25) is 0 Å². The van der Waals surface area contributed by atoms with Crippen LogP contribution in [0.3, 0.4) is 0 Å². The van der Waals surface area contributed by atoms with Crippen molar-refractivity contribution in [3.8, 4) is 0 Å². The summed E-state index contributed by atoms with van der Waals surface area (Å²) in [7, 11) is 6.07. The number of hydrogen-bond donors (Lipinski definition) is 1. The van der Waals surface area contributed by atoms with Gasteiger partial charge in [-0.3, -0.25) is 4.79 Å². The van der Waals surface area contributed by atoms with Gasteiger partial charge in [0.1, 0.15) is 13.2 Å². The predicted octanol–water partition coefficient (Wildman–Crippen LogP) is 0.694. The Bertz CT molecular complexity index is 330. The van der Waals surface area contributed by atoms with Crippen molar-refractivity contribution < 1.29 is 18.8 Å². The number of nitrogens with two attached hydrogens (primary N) is 1. The molecular weight excluding hydrogens is 232 g/mol. The van der Waals surface area contributed by atoms with Crippen molar-refractivity contribution in [1.82, 2.24) is 0 Å². The average Bonchev–Trinajstić information content (AvgIpc) is 2.22. The largest absolute Gasteiger partial charge is 0.456 e. The standard InChI is InChI=1S/C13H24N2O3/c1-6-11(12(14)16)9-10(2)13(17)18-8-7-15(3,4)5/h9,11H,6-8H2,1-5H3,(H-,14,16)/p+1. The number of hydrogen-bond acceptors (Lipinski definition) is 3. The first-order valence-electron chi connectivity index (χ1n) is 6.12. The van der Waals surface area contributed by atoms with Crippen LogP contribution in [-0.2, 0) is 14.3 Å². The zero-order valence-corrected chi connectivity index (χ0v) is 12.0. The van der Waals surface area contributed by atoms with Crippen molar-refractivity contribution in [3.63, 3.8) is 0 Å². The SMILES string of the molecule is CCC(C=C(C)C(=O)OCC[N+](C)(C)C)C(N)=O. The maximum Gasteiger partial charge on any atom is 0.333 e. The Balaban J connectivity index is 4.33. The number of ether oxygens (including phenoxy) is 1. The molecule has 1 amide bonds. The first-order chi connectivity index (χ1) is 8.17. The molecule has 0 aromatic heterocycles. The molecule has 0 spiro atoms. The monoisotopic (exact) mass is 257 g/mol. The Morgan fingerprint density at radius 3 is 2.28 bits per heavy atom. The number of quaternary nitrogens is 1. The van der Waals surface area contributed by atoms with Gasteiger partial charge in [-0.1, -0.05) is 13.0 Å². The average molecular weight is 257 g/mol. The van der Waals surface area contributed by atoms with E-state index in [0.29, 0.717) is 18.6 Å². The summed E-state index contributed by atoms with van der Waals surface area (Å²) in [5.74, 6) is -1.21. The Kier molecular flexibility index (Phi) is 6.62. The first-order valence-corrected chi connectivity index (χ1v) is 6.12. The third kappa shape index (κ3) is 7.06. The minimum Gasteiger partial charge on any atom is -0.456 e. The predicted molar refractivity (Wildman–Crippen MR) is 70.6 cm³/mol. The minimum absolute atomic E-state index is 0.362. The third-order valence-corrected chi connectivity index (χ3v) is 2.57. The van der Waals surface area contributed by atoms with Crippen LogP contribution in [0.1, 0.15) is 20.3 Å². The van der Waals surface area contributed by atoms with Crippen molar-refractivity contribution in [3.05, 3.63) is 11.6 Å². The second-order valence-corrected chi connectivity index (χ2v) is 5.42. The van der Waals surface area contributed by atoms with Crippen LogP contribution in [0, 0.1) is 5.92 Å². The maximum atomic E-state index is 11.7. The molecule has 1 unspecified atom stereocenters. The molecule has 0 aliphatic heterocycles. The van der Waals surface area contributed by atoms with E-state index in [1.54, 1.807) is 13.0 Å². The van der Waals surface area contributed by atoms with Crippen molar-refractivity contribution in [2.75, 3.05) is 34.3 Å². The zero-order valence-electron chi connectivity index (χ0n) is 12.0. The van der Waals surface area contributed by atoms with Gasteiger partial charge >= 0.3 is 5.97 Å². The lowest BCUT2D eigenvalue weighted by Gasteiger charge is -2.23. The Hall–Kier alpha value is -1.36. The summed E-state index contributed by atoms with van der Waals surface area (Å²) >= 11 is 0. The van der Waals surface area contributed by atoms with Gasteiger partial charge in [-0.15, -0.1) is 0 Å². The first kappa shape index (κ1) is 16.6. The Morgan fingerprint density at radius 1 is 1.33 bits per heavy atom. The number of rotatable bonds is 7. The molecule has 0 radical (unpaired) electrons. The number of carbonyl (C=O) groups excluding carboxylic acids is 2. The van der Waals surface area contributed by atoms with Crippen LogP contribution in [0.5, 0.6) is 0 Å². The molecule has 0 aliphatic carbocycles. The van der Waals surface area contributed by atoms with E-state index in [4.69, 9.17) is 10.5 Å². The lowest BCUT2D eigenvalue weighted by molar-refractivity contribution is -0.870. The number of amides is 1. The van der Waals surface area contributed by atoms with Crippen LogP contribution in [0.25, 0.3) is 0 Å². The van der Waals surface area contributed by atoms with Crippen LogP contribution >= 0.6 is 0 Å². The van der Waals surface area contributed by atoms with Crippen LogP contribution < -0.4 is 5.73 Å². The van der Waals surface area contributed by atoms with Crippen molar-refractivity contribution in [1.29, 1.82) is 0 Å². The van der Waals surface area contributed by atoms with E-state index in [1.165, 1.54) is 0 Å². The molecule has 0 rings (SSSR count). The van der Waals surface area contributed by atoms with E-state index < -0.39 is 11.8 Å². The summed E-state index contributed by atoms with van der Waals surface area (Å²) in [4.78, 5) is 22.7. The molecule has 0 aromatic carbocycles. The topological polar surface area (TPSA) is 69.4 Å². The van der Waals surface area contributed by atoms with Gasteiger partial charge in [-0.2, -0.15) is 0 Å². The maximum absolute atomic E-state index is 11.7. The molecule has 0 fully saturated rings. The zero-order chi connectivity index (χ0) is 14.3. The number of likely N-dealkylation sites (N-methyl/N-ethyl adjacent to an activating group) is 1. The van der Waals surface area contributed by atoms with E-state index >= 15 is 0 Å². The third-order valence-electron chi connectivity index (χ3n) is 2.57.